The molecule has 2 aromatic rings. The molecule has 1 aliphatic heterocycles. The van der Waals surface area contributed by atoms with E-state index in [0.29, 0.717) is 23.4 Å². The lowest BCUT2D eigenvalue weighted by molar-refractivity contribution is -0.0755. The van der Waals surface area contributed by atoms with E-state index in [9.17, 15) is 4.79 Å². The van der Waals surface area contributed by atoms with Crippen LogP contribution in [0, 0.1) is 0 Å². The van der Waals surface area contributed by atoms with Gasteiger partial charge in [0.15, 0.2) is 6.29 Å². The fourth-order valence-corrected chi connectivity index (χ4v) is 2.98. The summed E-state index contributed by atoms with van der Waals surface area (Å²) in [6.07, 6.45) is 0.284. The third kappa shape index (κ3) is 4.30. The van der Waals surface area contributed by atoms with Crippen molar-refractivity contribution < 1.29 is 23.6 Å². The monoisotopic (exact) mass is 382 g/mol. The molecule has 0 spiro atoms. The normalized spacial score (nSPS) is 18.7. The molecule has 1 fully saturated rings. The van der Waals surface area contributed by atoms with Gasteiger partial charge in [-0.3, -0.25) is 4.79 Å². The molecule has 2 aromatic carbocycles. The first-order chi connectivity index (χ1) is 13.2. The van der Waals surface area contributed by atoms with Gasteiger partial charge in [0.25, 0.3) is 0 Å². The molecule has 0 aromatic heterocycles. The summed E-state index contributed by atoms with van der Waals surface area (Å²) in [7, 11) is -0.692. The molecule has 148 valence electrons. The van der Waals surface area contributed by atoms with E-state index in [-0.39, 0.29) is 0 Å². The van der Waals surface area contributed by atoms with Gasteiger partial charge in [0.05, 0.1) is 17.8 Å². The Morgan fingerprint density at radius 1 is 1.00 bits per heavy atom. The van der Waals surface area contributed by atoms with Crippen molar-refractivity contribution >= 4 is 18.9 Å². The maximum Gasteiger partial charge on any atom is 0.499 e. The topological polar surface area (TPSA) is 54.0 Å². The van der Waals surface area contributed by atoms with Crippen molar-refractivity contribution in [1.82, 2.24) is 0 Å². The summed E-state index contributed by atoms with van der Waals surface area (Å²) in [5, 5.41) is 0. The molecule has 28 heavy (non-hydrogen) atoms. The number of carbonyl (C=O) groups excluding carboxylic acids is 1. The lowest BCUT2D eigenvalue weighted by Gasteiger charge is -2.32. The van der Waals surface area contributed by atoms with Crippen molar-refractivity contribution in [3.63, 3.8) is 0 Å². The van der Waals surface area contributed by atoms with Crippen LogP contribution in [0.2, 0.25) is 0 Å². The van der Waals surface area contributed by atoms with Crippen molar-refractivity contribution in [3.05, 3.63) is 59.7 Å². The maximum absolute atomic E-state index is 11.7. The SMILES string of the molecule is CC(OCc1ccccc1)Oc1cccc(C=O)c1B1OC(C)(C)C(C)(C)O1. The van der Waals surface area contributed by atoms with Crippen LogP contribution in [0.4, 0.5) is 0 Å². The number of benzene rings is 2. The van der Waals surface area contributed by atoms with Gasteiger partial charge in [0.1, 0.15) is 12.0 Å². The molecule has 1 atom stereocenters. The van der Waals surface area contributed by atoms with Crippen molar-refractivity contribution in [1.29, 1.82) is 0 Å². The highest BCUT2D eigenvalue weighted by Crippen LogP contribution is 2.37. The van der Waals surface area contributed by atoms with Crippen LogP contribution in [0.1, 0.15) is 50.5 Å². The van der Waals surface area contributed by atoms with E-state index in [4.69, 9.17) is 18.8 Å². The fraction of sp³-hybridized carbons (Fsp3) is 0.409. The molecule has 0 aliphatic carbocycles. The summed E-state index contributed by atoms with van der Waals surface area (Å²) in [6.45, 7) is 10.2. The van der Waals surface area contributed by atoms with Crippen LogP contribution in [-0.4, -0.2) is 30.9 Å². The van der Waals surface area contributed by atoms with Crippen LogP contribution in [0.5, 0.6) is 5.75 Å². The summed E-state index contributed by atoms with van der Waals surface area (Å²) < 4.78 is 24.1. The second-order valence-corrected chi connectivity index (χ2v) is 7.95. The highest BCUT2D eigenvalue weighted by atomic mass is 16.7. The Kier molecular flexibility index (Phi) is 5.94. The van der Waals surface area contributed by atoms with Gasteiger partial charge < -0.3 is 18.8 Å². The largest absolute Gasteiger partial charge is 0.499 e. The fourth-order valence-electron chi connectivity index (χ4n) is 2.98. The number of hydrogen-bond donors (Lipinski definition) is 0. The number of hydrogen-bond acceptors (Lipinski definition) is 5. The first-order valence-electron chi connectivity index (χ1n) is 9.49. The first-order valence-corrected chi connectivity index (χ1v) is 9.49. The zero-order valence-corrected chi connectivity index (χ0v) is 17.1. The highest BCUT2D eigenvalue weighted by molar-refractivity contribution is 6.64. The molecule has 0 saturated carbocycles. The molecule has 1 saturated heterocycles. The van der Waals surface area contributed by atoms with Crippen molar-refractivity contribution in [3.8, 4) is 5.75 Å². The molecule has 1 unspecified atom stereocenters. The van der Waals surface area contributed by atoms with E-state index in [0.717, 1.165) is 11.8 Å². The molecule has 0 bridgehead atoms. The van der Waals surface area contributed by atoms with Crippen LogP contribution < -0.4 is 10.2 Å². The molecule has 0 radical (unpaired) electrons. The van der Waals surface area contributed by atoms with Crippen LogP contribution in [0.15, 0.2) is 48.5 Å². The quantitative estimate of drug-likeness (QED) is 0.415. The molecule has 1 aliphatic rings. The lowest BCUT2D eigenvalue weighted by Crippen LogP contribution is -2.41. The Hall–Kier alpha value is -2.15. The van der Waals surface area contributed by atoms with Crippen molar-refractivity contribution in [2.75, 3.05) is 0 Å². The van der Waals surface area contributed by atoms with Crippen LogP contribution >= 0.6 is 0 Å². The second kappa shape index (κ2) is 8.07. The van der Waals surface area contributed by atoms with Gasteiger partial charge in [0, 0.05) is 11.0 Å². The van der Waals surface area contributed by atoms with E-state index >= 15 is 0 Å². The predicted molar refractivity (Wildman–Crippen MR) is 109 cm³/mol. The van der Waals surface area contributed by atoms with Gasteiger partial charge in [-0.15, -0.1) is 0 Å². The summed E-state index contributed by atoms with van der Waals surface area (Å²) in [4.78, 5) is 11.7. The standard InChI is InChI=1S/C22H27BO5/c1-16(25-15-17-10-7-6-8-11-17)26-19-13-9-12-18(14-24)20(19)23-27-21(2,3)22(4,5)28-23/h6-14,16H,15H2,1-5H3. The molecule has 1 heterocycles. The minimum atomic E-state index is -0.692. The van der Waals surface area contributed by atoms with E-state index in [2.05, 4.69) is 0 Å². The summed E-state index contributed by atoms with van der Waals surface area (Å²) >= 11 is 0. The smallest absolute Gasteiger partial charge is 0.466 e. The minimum Gasteiger partial charge on any atom is -0.466 e. The average molecular weight is 382 g/mol. The van der Waals surface area contributed by atoms with E-state index in [1.54, 1.807) is 18.2 Å². The first kappa shape index (κ1) is 20.6. The van der Waals surface area contributed by atoms with Crippen molar-refractivity contribution in [2.45, 2.75) is 58.7 Å². The zero-order chi connectivity index (χ0) is 20.4. The summed E-state index contributed by atoms with van der Waals surface area (Å²) in [5.74, 6) is 0.517. The van der Waals surface area contributed by atoms with Gasteiger partial charge in [-0.05, 0) is 46.2 Å². The van der Waals surface area contributed by atoms with Gasteiger partial charge in [0.2, 0.25) is 0 Å². The maximum atomic E-state index is 11.7. The highest BCUT2D eigenvalue weighted by Gasteiger charge is 2.53. The number of ether oxygens (including phenoxy) is 2. The Labute approximate surface area is 167 Å². The van der Waals surface area contributed by atoms with Crippen molar-refractivity contribution in [2.24, 2.45) is 0 Å². The molecule has 0 N–H and O–H groups in total. The summed E-state index contributed by atoms with van der Waals surface area (Å²) in [6, 6.07) is 15.2. The van der Waals surface area contributed by atoms with Gasteiger partial charge >= 0.3 is 7.12 Å². The molecule has 6 heteroatoms. The number of aldehydes is 1. The third-order valence-electron chi connectivity index (χ3n) is 5.34. The van der Waals surface area contributed by atoms with E-state index in [1.807, 2.05) is 65.0 Å². The second-order valence-electron chi connectivity index (χ2n) is 7.95. The van der Waals surface area contributed by atoms with Gasteiger partial charge in [-0.2, -0.15) is 0 Å². The van der Waals surface area contributed by atoms with Crippen LogP contribution in [0.3, 0.4) is 0 Å². The predicted octanol–water partition coefficient (Wildman–Crippen LogP) is 3.74. The Morgan fingerprint density at radius 3 is 2.25 bits per heavy atom. The van der Waals surface area contributed by atoms with E-state index < -0.39 is 24.6 Å². The molecule has 3 rings (SSSR count). The molecule has 5 nitrogen and oxygen atoms in total. The molecule has 0 amide bonds. The Morgan fingerprint density at radius 2 is 1.64 bits per heavy atom. The van der Waals surface area contributed by atoms with Crippen LogP contribution in [-0.2, 0) is 20.7 Å². The molecular formula is C22H27BO5. The number of rotatable bonds is 7. The minimum absolute atomic E-state index is 0.432. The summed E-state index contributed by atoms with van der Waals surface area (Å²) in [5.41, 5.74) is 1.10. The number of carbonyl (C=O) groups is 1. The lowest BCUT2D eigenvalue weighted by atomic mass is 9.75. The third-order valence-corrected chi connectivity index (χ3v) is 5.34. The zero-order valence-electron chi connectivity index (χ0n) is 17.1. The Balaban J connectivity index is 1.79. The van der Waals surface area contributed by atoms with Gasteiger partial charge in [-0.1, -0.05) is 42.5 Å². The van der Waals surface area contributed by atoms with Crippen LogP contribution in [0.25, 0.3) is 0 Å². The molecular weight excluding hydrogens is 355 g/mol. The van der Waals surface area contributed by atoms with Gasteiger partial charge in [-0.25, -0.2) is 0 Å². The average Bonchev–Trinajstić information content (AvgIpc) is 2.87. The Bertz CT molecular complexity index is 803. The van der Waals surface area contributed by atoms with E-state index in [1.165, 1.54) is 0 Å².